The molecular weight excluding hydrogens is 340 g/mol. The van der Waals surface area contributed by atoms with Gasteiger partial charge in [-0.25, -0.2) is 4.98 Å². The Bertz CT molecular complexity index is 929. The van der Waals surface area contributed by atoms with E-state index in [1.807, 2.05) is 18.2 Å². The van der Waals surface area contributed by atoms with Gasteiger partial charge in [-0.05, 0) is 43.2 Å². The SMILES string of the molecule is O=C(c1ccc2oc(-c3ccccc3Cl)nc2c1)N1CCC(O)CC1. The maximum Gasteiger partial charge on any atom is 0.253 e. The molecule has 25 heavy (non-hydrogen) atoms. The smallest absolute Gasteiger partial charge is 0.253 e. The Hall–Kier alpha value is -2.37. The summed E-state index contributed by atoms with van der Waals surface area (Å²) in [6.07, 6.45) is 0.934. The predicted octanol–water partition coefficient (Wildman–Crippen LogP) is 3.75. The standard InChI is InChI=1S/C19H17ClN2O3/c20-15-4-2-1-3-14(15)18-21-16-11-12(5-6-17(16)25-18)19(24)22-9-7-13(23)8-10-22/h1-6,11,13,23H,7-10H2. The number of fused-ring (bicyclic) bond motifs is 1. The number of hydrogen-bond acceptors (Lipinski definition) is 4. The first-order valence-electron chi connectivity index (χ1n) is 8.24. The molecule has 6 heteroatoms. The molecule has 3 aromatic rings. The number of piperidine rings is 1. The zero-order valence-electron chi connectivity index (χ0n) is 13.5. The molecule has 0 spiro atoms. The lowest BCUT2D eigenvalue weighted by atomic mass is 10.1. The molecule has 2 heterocycles. The zero-order valence-corrected chi connectivity index (χ0v) is 14.2. The van der Waals surface area contributed by atoms with Gasteiger partial charge in [-0.3, -0.25) is 4.79 Å². The van der Waals surface area contributed by atoms with Gasteiger partial charge in [0.15, 0.2) is 5.58 Å². The molecule has 4 rings (SSSR count). The van der Waals surface area contributed by atoms with Crippen LogP contribution in [0.5, 0.6) is 0 Å². The van der Waals surface area contributed by atoms with Crippen molar-refractivity contribution in [1.29, 1.82) is 0 Å². The first-order chi connectivity index (χ1) is 12.1. The van der Waals surface area contributed by atoms with E-state index in [9.17, 15) is 9.90 Å². The van der Waals surface area contributed by atoms with E-state index in [0.717, 1.165) is 5.56 Å². The van der Waals surface area contributed by atoms with Crippen LogP contribution in [0.4, 0.5) is 0 Å². The Morgan fingerprint density at radius 3 is 2.72 bits per heavy atom. The number of aromatic nitrogens is 1. The number of carbonyl (C=O) groups excluding carboxylic acids is 1. The van der Waals surface area contributed by atoms with Crippen molar-refractivity contribution in [3.63, 3.8) is 0 Å². The molecule has 128 valence electrons. The molecule has 1 fully saturated rings. The summed E-state index contributed by atoms with van der Waals surface area (Å²) in [6.45, 7) is 1.14. The Morgan fingerprint density at radius 1 is 1.20 bits per heavy atom. The summed E-state index contributed by atoms with van der Waals surface area (Å²) in [7, 11) is 0. The van der Waals surface area contributed by atoms with Crippen LogP contribution in [0.3, 0.4) is 0 Å². The van der Waals surface area contributed by atoms with Crippen molar-refractivity contribution in [1.82, 2.24) is 9.88 Å². The molecule has 0 aliphatic carbocycles. The molecule has 0 unspecified atom stereocenters. The van der Waals surface area contributed by atoms with Crippen LogP contribution in [0, 0.1) is 0 Å². The summed E-state index contributed by atoms with van der Waals surface area (Å²) in [5.41, 5.74) is 2.53. The lowest BCUT2D eigenvalue weighted by Gasteiger charge is -2.29. The minimum atomic E-state index is -0.305. The fourth-order valence-corrected chi connectivity index (χ4v) is 3.28. The van der Waals surface area contributed by atoms with Gasteiger partial charge in [0.1, 0.15) is 5.52 Å². The molecule has 1 saturated heterocycles. The van der Waals surface area contributed by atoms with Crippen LogP contribution >= 0.6 is 11.6 Å². The molecule has 5 nitrogen and oxygen atoms in total. The summed E-state index contributed by atoms with van der Waals surface area (Å²) in [5.74, 6) is 0.391. The van der Waals surface area contributed by atoms with Gasteiger partial charge in [0.25, 0.3) is 5.91 Å². The number of benzene rings is 2. The molecule has 2 aromatic carbocycles. The zero-order chi connectivity index (χ0) is 17.4. The minimum Gasteiger partial charge on any atom is -0.436 e. The largest absolute Gasteiger partial charge is 0.436 e. The molecule has 1 amide bonds. The van der Waals surface area contributed by atoms with Crippen molar-refractivity contribution in [3.05, 3.63) is 53.1 Å². The van der Waals surface area contributed by atoms with Crippen LogP contribution in [0.2, 0.25) is 5.02 Å². The van der Waals surface area contributed by atoms with E-state index in [4.69, 9.17) is 16.0 Å². The van der Waals surface area contributed by atoms with E-state index in [0.29, 0.717) is 53.5 Å². The summed E-state index contributed by atoms with van der Waals surface area (Å²) in [4.78, 5) is 18.9. The lowest BCUT2D eigenvalue weighted by Crippen LogP contribution is -2.40. The van der Waals surface area contributed by atoms with Gasteiger partial charge in [0.2, 0.25) is 5.89 Å². The van der Waals surface area contributed by atoms with Crippen molar-refractivity contribution in [3.8, 4) is 11.5 Å². The van der Waals surface area contributed by atoms with Crippen LogP contribution in [0.15, 0.2) is 46.9 Å². The number of rotatable bonds is 2. The van der Waals surface area contributed by atoms with Crippen molar-refractivity contribution in [2.24, 2.45) is 0 Å². The molecule has 0 bridgehead atoms. The number of oxazole rings is 1. The first-order valence-corrected chi connectivity index (χ1v) is 8.62. The summed E-state index contributed by atoms with van der Waals surface area (Å²) in [6, 6.07) is 12.6. The number of aliphatic hydroxyl groups is 1. The Balaban J connectivity index is 1.64. The monoisotopic (exact) mass is 356 g/mol. The predicted molar refractivity (Wildman–Crippen MR) is 95.6 cm³/mol. The number of halogens is 1. The normalized spacial score (nSPS) is 15.7. The van der Waals surface area contributed by atoms with Gasteiger partial charge in [0, 0.05) is 18.7 Å². The molecule has 0 saturated carbocycles. The van der Waals surface area contributed by atoms with Gasteiger partial charge in [-0.15, -0.1) is 0 Å². The Labute approximate surface area is 149 Å². The molecule has 1 N–H and O–H groups in total. The van der Waals surface area contributed by atoms with Crippen molar-refractivity contribution in [2.45, 2.75) is 18.9 Å². The second-order valence-electron chi connectivity index (χ2n) is 6.20. The molecule has 0 radical (unpaired) electrons. The maximum atomic E-state index is 12.6. The quantitative estimate of drug-likeness (QED) is 0.759. The Morgan fingerprint density at radius 2 is 1.96 bits per heavy atom. The third kappa shape index (κ3) is 3.13. The van der Waals surface area contributed by atoms with Gasteiger partial charge >= 0.3 is 0 Å². The second-order valence-corrected chi connectivity index (χ2v) is 6.61. The van der Waals surface area contributed by atoms with Gasteiger partial charge < -0.3 is 14.4 Å². The van der Waals surface area contributed by atoms with E-state index >= 15 is 0 Å². The average molecular weight is 357 g/mol. The van der Waals surface area contributed by atoms with Crippen LogP contribution < -0.4 is 0 Å². The number of likely N-dealkylation sites (tertiary alicyclic amines) is 1. The van der Waals surface area contributed by atoms with Crippen LogP contribution in [-0.2, 0) is 0 Å². The number of aliphatic hydroxyl groups excluding tert-OH is 1. The first kappa shape index (κ1) is 16.1. The third-order valence-electron chi connectivity index (χ3n) is 4.49. The average Bonchev–Trinajstić information content (AvgIpc) is 3.05. The van der Waals surface area contributed by atoms with Crippen LogP contribution in [0.25, 0.3) is 22.6 Å². The van der Waals surface area contributed by atoms with Crippen molar-refractivity contribution in [2.75, 3.05) is 13.1 Å². The fraction of sp³-hybridized carbons (Fsp3) is 0.263. The highest BCUT2D eigenvalue weighted by Gasteiger charge is 2.23. The fourth-order valence-electron chi connectivity index (χ4n) is 3.06. The minimum absolute atomic E-state index is 0.0453. The summed E-state index contributed by atoms with van der Waals surface area (Å²) in [5, 5.41) is 10.1. The molecule has 1 aliphatic rings. The third-order valence-corrected chi connectivity index (χ3v) is 4.82. The topological polar surface area (TPSA) is 66.6 Å². The highest BCUT2D eigenvalue weighted by atomic mass is 35.5. The van der Waals surface area contributed by atoms with E-state index in [2.05, 4.69) is 4.98 Å². The molecule has 1 aliphatic heterocycles. The van der Waals surface area contributed by atoms with E-state index in [1.165, 1.54) is 0 Å². The van der Waals surface area contributed by atoms with E-state index < -0.39 is 0 Å². The second kappa shape index (κ2) is 6.50. The Kier molecular flexibility index (Phi) is 4.19. The van der Waals surface area contributed by atoms with Gasteiger partial charge in [-0.1, -0.05) is 23.7 Å². The van der Waals surface area contributed by atoms with Gasteiger partial charge in [0.05, 0.1) is 16.7 Å². The van der Waals surface area contributed by atoms with E-state index in [-0.39, 0.29) is 12.0 Å². The van der Waals surface area contributed by atoms with E-state index in [1.54, 1.807) is 29.2 Å². The molecule has 1 aromatic heterocycles. The maximum absolute atomic E-state index is 12.6. The van der Waals surface area contributed by atoms with Crippen molar-refractivity contribution >= 4 is 28.6 Å². The number of hydrogen-bond donors (Lipinski definition) is 1. The number of nitrogens with zero attached hydrogens (tertiary/aromatic N) is 2. The highest BCUT2D eigenvalue weighted by Crippen LogP contribution is 2.30. The van der Waals surface area contributed by atoms with Crippen LogP contribution in [0.1, 0.15) is 23.2 Å². The van der Waals surface area contributed by atoms with Crippen molar-refractivity contribution < 1.29 is 14.3 Å². The van der Waals surface area contributed by atoms with Gasteiger partial charge in [-0.2, -0.15) is 0 Å². The number of carbonyl (C=O) groups is 1. The van der Waals surface area contributed by atoms with Crippen LogP contribution in [-0.4, -0.2) is 40.1 Å². The summed E-state index contributed by atoms with van der Waals surface area (Å²) >= 11 is 6.20. The summed E-state index contributed by atoms with van der Waals surface area (Å²) < 4.78 is 5.78. The number of amides is 1. The molecular formula is C19H17ClN2O3. The molecule has 0 atom stereocenters. The lowest BCUT2D eigenvalue weighted by molar-refractivity contribution is 0.0546. The highest BCUT2D eigenvalue weighted by molar-refractivity contribution is 6.33.